The number of rotatable bonds is 9. The second-order valence-electron chi connectivity index (χ2n) is 11.1. The Morgan fingerprint density at radius 2 is 1.27 bits per heavy atom. The molecule has 1 atom stereocenters. The predicted octanol–water partition coefficient (Wildman–Crippen LogP) is 6.50. The molecular weight excluding hydrogens is 490 g/mol. The van der Waals surface area contributed by atoms with E-state index in [1.165, 1.54) is 44.4 Å². The number of aryl methyl sites for hydroxylation is 1. The van der Waals surface area contributed by atoms with E-state index in [1.54, 1.807) is 0 Å². The molecule has 1 saturated heterocycles. The van der Waals surface area contributed by atoms with Gasteiger partial charge in [0.1, 0.15) is 0 Å². The Morgan fingerprint density at radius 3 is 1.95 bits per heavy atom. The van der Waals surface area contributed by atoms with Gasteiger partial charge in [-0.15, -0.1) is 0 Å². The molecule has 0 saturated carbocycles. The van der Waals surface area contributed by atoms with Gasteiger partial charge >= 0.3 is 0 Å². The fourth-order valence-electron chi connectivity index (χ4n) is 6.15. The minimum atomic E-state index is -0.459. The summed E-state index contributed by atoms with van der Waals surface area (Å²) < 4.78 is 2.35. The first kappa shape index (κ1) is 26.5. The normalized spacial score (nSPS) is 15.4. The zero-order chi connectivity index (χ0) is 27.3. The van der Waals surface area contributed by atoms with Crippen molar-refractivity contribution >= 4 is 10.9 Å². The minimum Gasteiger partial charge on any atom is -0.390 e. The van der Waals surface area contributed by atoms with Crippen molar-refractivity contribution in [3.63, 3.8) is 0 Å². The molecule has 4 nitrogen and oxygen atoms in total. The van der Waals surface area contributed by atoms with Crippen molar-refractivity contribution in [1.82, 2.24) is 14.4 Å². The molecule has 1 N–H and O–H groups in total. The third-order valence-electron chi connectivity index (χ3n) is 8.22. The fraction of sp³-hybridized carbons (Fsp3) is 0.278. The number of benzene rings is 4. The molecule has 4 heteroatoms. The Bertz CT molecular complexity index is 1520. The van der Waals surface area contributed by atoms with Gasteiger partial charge in [0.15, 0.2) is 0 Å². The van der Waals surface area contributed by atoms with E-state index in [9.17, 15) is 5.11 Å². The van der Waals surface area contributed by atoms with Crippen LogP contribution < -0.4 is 0 Å². The number of hydrogen-bond donors (Lipinski definition) is 1. The molecule has 0 bridgehead atoms. The molecule has 0 unspecified atom stereocenters. The van der Waals surface area contributed by atoms with Crippen LogP contribution in [0.5, 0.6) is 0 Å². The summed E-state index contributed by atoms with van der Waals surface area (Å²) in [5.41, 5.74) is 8.62. The lowest BCUT2D eigenvalue weighted by Crippen LogP contribution is -2.49. The average molecular weight is 530 g/mol. The summed E-state index contributed by atoms with van der Waals surface area (Å²) in [5, 5.41) is 12.7. The van der Waals surface area contributed by atoms with E-state index in [2.05, 4.69) is 130 Å². The Kier molecular flexibility index (Phi) is 8.10. The number of nitrogens with zero attached hydrogens (tertiary/aromatic N) is 3. The van der Waals surface area contributed by atoms with Crippen LogP contribution in [0.2, 0.25) is 0 Å². The number of aliphatic hydroxyl groups excluding tert-OH is 1. The molecule has 1 fully saturated rings. The van der Waals surface area contributed by atoms with Gasteiger partial charge in [0, 0.05) is 55.7 Å². The fourth-order valence-corrected chi connectivity index (χ4v) is 6.15. The molecular formula is C36H39N3O. The Balaban J connectivity index is 1.22. The minimum absolute atomic E-state index is 0.459. The molecule has 204 valence electrons. The topological polar surface area (TPSA) is 31.6 Å². The summed E-state index contributed by atoms with van der Waals surface area (Å²) in [7, 11) is 0. The smallest absolute Gasteiger partial charge is 0.0845 e. The number of β-amino-alcohol motifs (C(OH)–C–C–N with tert-alkyl or cyclic N) is 1. The molecule has 40 heavy (non-hydrogen) atoms. The second-order valence-corrected chi connectivity index (χ2v) is 11.1. The van der Waals surface area contributed by atoms with Crippen LogP contribution in [0.25, 0.3) is 33.3 Å². The van der Waals surface area contributed by atoms with E-state index in [-0.39, 0.29) is 0 Å². The number of hydrogen-bond acceptors (Lipinski definition) is 3. The van der Waals surface area contributed by atoms with Crippen molar-refractivity contribution in [2.24, 2.45) is 0 Å². The summed E-state index contributed by atoms with van der Waals surface area (Å²) in [5.74, 6) is 0. The predicted molar refractivity (Wildman–Crippen MR) is 167 cm³/mol. The highest BCUT2D eigenvalue weighted by molar-refractivity contribution is 6.04. The lowest BCUT2D eigenvalue weighted by Gasteiger charge is -2.35. The first-order valence-electron chi connectivity index (χ1n) is 14.6. The number of fused-ring (bicyclic) bond motifs is 1. The van der Waals surface area contributed by atoms with Gasteiger partial charge in [0.05, 0.1) is 18.3 Å². The van der Waals surface area contributed by atoms with E-state index in [1.807, 2.05) is 0 Å². The van der Waals surface area contributed by atoms with E-state index < -0.39 is 6.10 Å². The first-order chi connectivity index (χ1) is 19.7. The van der Waals surface area contributed by atoms with Gasteiger partial charge in [-0.25, -0.2) is 0 Å². The van der Waals surface area contributed by atoms with E-state index in [0.717, 1.165) is 39.1 Å². The van der Waals surface area contributed by atoms with E-state index in [4.69, 9.17) is 0 Å². The molecule has 1 aliphatic heterocycles. The number of aliphatic hydroxyl groups is 1. The molecule has 2 heterocycles. The molecule has 0 radical (unpaired) electrons. The Morgan fingerprint density at radius 1 is 0.675 bits per heavy atom. The second kappa shape index (κ2) is 12.2. The maximum atomic E-state index is 11.5. The zero-order valence-electron chi connectivity index (χ0n) is 23.4. The Labute approximate surface area is 238 Å². The highest BCUT2D eigenvalue weighted by Gasteiger charge is 2.24. The lowest BCUT2D eigenvalue weighted by molar-refractivity contribution is 0.0656. The van der Waals surface area contributed by atoms with Gasteiger partial charge in [-0.05, 0) is 42.2 Å². The van der Waals surface area contributed by atoms with Crippen LogP contribution in [0.4, 0.5) is 0 Å². The van der Waals surface area contributed by atoms with Crippen molar-refractivity contribution < 1.29 is 5.11 Å². The third-order valence-corrected chi connectivity index (χ3v) is 8.22. The van der Waals surface area contributed by atoms with Crippen molar-refractivity contribution in [3.05, 3.63) is 120 Å². The summed E-state index contributed by atoms with van der Waals surface area (Å²) >= 11 is 0. The van der Waals surface area contributed by atoms with Crippen molar-refractivity contribution in [3.8, 4) is 22.4 Å². The van der Waals surface area contributed by atoms with Gasteiger partial charge in [0.25, 0.3) is 0 Å². The van der Waals surface area contributed by atoms with Crippen molar-refractivity contribution in [1.29, 1.82) is 0 Å². The average Bonchev–Trinajstić information content (AvgIpc) is 3.31. The molecule has 5 aromatic rings. The van der Waals surface area contributed by atoms with Crippen molar-refractivity contribution in [2.75, 3.05) is 39.3 Å². The molecule has 0 amide bonds. The van der Waals surface area contributed by atoms with Gasteiger partial charge in [-0.3, -0.25) is 4.90 Å². The molecule has 1 aromatic heterocycles. The SMILES string of the molecule is Cc1ccc2c(c1)c(-c1ccccc1)c(-c1ccccc1)n2C[C@H](O)CN1CCN(CCc2ccccc2)CC1. The molecule has 1 aliphatic rings. The highest BCUT2D eigenvalue weighted by Crippen LogP contribution is 2.41. The number of aromatic nitrogens is 1. The molecule has 4 aromatic carbocycles. The summed E-state index contributed by atoms with van der Waals surface area (Å²) in [6.07, 6.45) is 0.634. The summed E-state index contributed by atoms with van der Waals surface area (Å²) in [6.45, 7) is 8.60. The van der Waals surface area contributed by atoms with E-state index in [0.29, 0.717) is 13.1 Å². The van der Waals surface area contributed by atoms with Gasteiger partial charge in [0.2, 0.25) is 0 Å². The van der Waals surface area contributed by atoms with Gasteiger partial charge in [-0.1, -0.05) is 103 Å². The zero-order valence-corrected chi connectivity index (χ0v) is 23.4. The summed E-state index contributed by atoms with van der Waals surface area (Å²) in [6, 6.07) is 38.8. The van der Waals surface area contributed by atoms with Crippen LogP contribution in [-0.4, -0.2) is 64.8 Å². The molecule has 0 spiro atoms. The summed E-state index contributed by atoms with van der Waals surface area (Å²) in [4.78, 5) is 4.98. The van der Waals surface area contributed by atoms with Gasteiger partial charge < -0.3 is 14.6 Å². The molecule has 0 aliphatic carbocycles. The van der Waals surface area contributed by atoms with E-state index >= 15 is 0 Å². The van der Waals surface area contributed by atoms with Crippen molar-refractivity contribution in [2.45, 2.75) is 26.0 Å². The third kappa shape index (κ3) is 5.90. The monoisotopic (exact) mass is 529 g/mol. The largest absolute Gasteiger partial charge is 0.390 e. The van der Waals surface area contributed by atoms with Crippen LogP contribution in [0.15, 0.2) is 109 Å². The standard InChI is InChI=1S/C36H39N3O/c1-28-17-18-34-33(25-28)35(30-13-7-3-8-14-30)36(31-15-9-4-10-16-31)39(34)27-32(40)26-38-23-21-37(22-24-38)20-19-29-11-5-2-6-12-29/h2-18,25,32,40H,19-24,26-27H2,1H3/t32-/m1/s1. The Hall–Kier alpha value is -3.70. The van der Waals surface area contributed by atoms with Crippen LogP contribution in [0.1, 0.15) is 11.1 Å². The van der Waals surface area contributed by atoms with Crippen LogP contribution in [0, 0.1) is 6.92 Å². The lowest BCUT2D eigenvalue weighted by atomic mass is 9.98. The maximum Gasteiger partial charge on any atom is 0.0845 e. The highest BCUT2D eigenvalue weighted by atomic mass is 16.3. The maximum absolute atomic E-state index is 11.5. The van der Waals surface area contributed by atoms with Gasteiger partial charge in [-0.2, -0.15) is 0 Å². The number of piperazine rings is 1. The quantitative estimate of drug-likeness (QED) is 0.236. The first-order valence-corrected chi connectivity index (χ1v) is 14.6. The van der Waals surface area contributed by atoms with Crippen LogP contribution in [-0.2, 0) is 13.0 Å². The van der Waals surface area contributed by atoms with Crippen LogP contribution in [0.3, 0.4) is 0 Å². The molecule has 6 rings (SSSR count). The van der Waals surface area contributed by atoms with Crippen LogP contribution >= 0.6 is 0 Å².